The highest BCUT2D eigenvalue weighted by Crippen LogP contribution is 2.38. The van der Waals surface area contributed by atoms with E-state index in [1.807, 2.05) is 13.8 Å². The third-order valence-electron chi connectivity index (χ3n) is 6.04. The third kappa shape index (κ3) is 5.49. The maximum Gasteiger partial charge on any atom is 0.185 e. The van der Waals surface area contributed by atoms with E-state index in [9.17, 15) is 20.1 Å². The molecule has 8 atom stereocenters. The molecule has 7 heteroatoms. The molecule has 0 saturated carbocycles. The van der Waals surface area contributed by atoms with Crippen molar-refractivity contribution in [3.63, 3.8) is 0 Å². The lowest BCUT2D eigenvalue weighted by Crippen LogP contribution is -2.50. The van der Waals surface area contributed by atoms with Gasteiger partial charge in [0.05, 0.1) is 37.1 Å². The molecule has 1 aromatic rings. The highest BCUT2D eigenvalue weighted by molar-refractivity contribution is 6.04. The van der Waals surface area contributed by atoms with E-state index in [0.29, 0.717) is 25.0 Å². The molecule has 2 aliphatic rings. The zero-order valence-electron chi connectivity index (χ0n) is 17.1. The molecule has 0 aliphatic carbocycles. The largest absolute Gasteiger partial charge is 0.393 e. The number of aliphatic hydroxyl groups excluding tert-OH is 3. The number of pyridine rings is 1. The van der Waals surface area contributed by atoms with E-state index in [2.05, 4.69) is 4.98 Å². The SMILES string of the molecule is C/C(=C\C(=O)c1ccncc1)C[C@@H]1OC[C@H](C[C@@H]2O[C@H]2[C@@H](C)[C@H](C)O)[C@@H](O)[C@H]1O. The molecule has 0 radical (unpaired) electrons. The first-order chi connectivity index (χ1) is 13.8. The molecule has 2 saturated heterocycles. The predicted octanol–water partition coefficient (Wildman–Crippen LogP) is 1.51. The topological polar surface area (TPSA) is 112 Å². The minimum Gasteiger partial charge on any atom is -0.393 e. The van der Waals surface area contributed by atoms with E-state index in [4.69, 9.17) is 9.47 Å². The minimum absolute atomic E-state index is 0.0126. The van der Waals surface area contributed by atoms with E-state index in [-0.39, 0.29) is 29.8 Å². The number of epoxide rings is 1. The van der Waals surface area contributed by atoms with Crippen LogP contribution in [0.3, 0.4) is 0 Å². The van der Waals surface area contributed by atoms with Gasteiger partial charge < -0.3 is 24.8 Å². The summed E-state index contributed by atoms with van der Waals surface area (Å²) in [6, 6.07) is 3.30. The van der Waals surface area contributed by atoms with Crippen molar-refractivity contribution in [1.29, 1.82) is 0 Å². The fourth-order valence-corrected chi connectivity index (χ4v) is 3.91. The third-order valence-corrected chi connectivity index (χ3v) is 6.04. The summed E-state index contributed by atoms with van der Waals surface area (Å²) in [5, 5.41) is 30.8. The summed E-state index contributed by atoms with van der Waals surface area (Å²) in [6.45, 7) is 5.82. The molecule has 0 amide bonds. The summed E-state index contributed by atoms with van der Waals surface area (Å²) in [6.07, 6.45) is 2.63. The summed E-state index contributed by atoms with van der Waals surface area (Å²) in [5.41, 5.74) is 1.33. The standard InChI is InChI=1S/C22H31NO6/c1-12(8-17(25)15-4-6-23-7-5-15)9-18-21(27)20(26)16(11-28-18)10-19-22(29-19)13(2)14(3)24/h4-8,13-14,16,18-22,24,26-27H,9-11H2,1-3H3/b12-8+/t13-,14-,16-,18-,19-,20+,21-,22-/m0/s1. The molecule has 0 aromatic carbocycles. The monoisotopic (exact) mass is 405 g/mol. The molecular formula is C22H31NO6. The van der Waals surface area contributed by atoms with Crippen molar-refractivity contribution in [2.24, 2.45) is 11.8 Å². The van der Waals surface area contributed by atoms with Crippen LogP contribution in [-0.2, 0) is 9.47 Å². The molecule has 2 fully saturated rings. The Morgan fingerprint density at radius 2 is 1.93 bits per heavy atom. The number of hydrogen-bond acceptors (Lipinski definition) is 7. The second kappa shape index (κ2) is 9.45. The molecule has 3 rings (SSSR count). The second-order valence-electron chi connectivity index (χ2n) is 8.38. The Morgan fingerprint density at radius 1 is 1.24 bits per heavy atom. The molecule has 3 heterocycles. The summed E-state index contributed by atoms with van der Waals surface area (Å²) >= 11 is 0. The lowest BCUT2D eigenvalue weighted by molar-refractivity contribution is -0.165. The second-order valence-corrected chi connectivity index (χ2v) is 8.38. The quantitative estimate of drug-likeness (QED) is 0.341. The number of allylic oxidation sites excluding steroid dienone is 1. The van der Waals surface area contributed by atoms with E-state index >= 15 is 0 Å². The number of ether oxygens (including phenoxy) is 2. The number of hydrogen-bond donors (Lipinski definition) is 3. The summed E-state index contributed by atoms with van der Waals surface area (Å²) in [4.78, 5) is 16.2. The van der Waals surface area contributed by atoms with Crippen molar-refractivity contribution in [3.8, 4) is 0 Å². The average Bonchev–Trinajstić information content (AvgIpc) is 3.46. The van der Waals surface area contributed by atoms with Gasteiger partial charge in [0.2, 0.25) is 0 Å². The molecule has 2 aliphatic heterocycles. The molecule has 0 unspecified atom stereocenters. The van der Waals surface area contributed by atoms with Gasteiger partial charge >= 0.3 is 0 Å². The van der Waals surface area contributed by atoms with Crippen LogP contribution < -0.4 is 0 Å². The van der Waals surface area contributed by atoms with Gasteiger partial charge in [0.1, 0.15) is 6.10 Å². The molecule has 29 heavy (non-hydrogen) atoms. The predicted molar refractivity (Wildman–Crippen MR) is 106 cm³/mol. The van der Waals surface area contributed by atoms with Crippen molar-refractivity contribution in [3.05, 3.63) is 41.7 Å². The smallest absolute Gasteiger partial charge is 0.185 e. The van der Waals surface area contributed by atoms with Gasteiger partial charge in [0, 0.05) is 29.8 Å². The van der Waals surface area contributed by atoms with E-state index in [0.717, 1.165) is 5.57 Å². The summed E-state index contributed by atoms with van der Waals surface area (Å²) < 4.78 is 11.5. The van der Waals surface area contributed by atoms with Crippen LogP contribution in [0.25, 0.3) is 0 Å². The average molecular weight is 405 g/mol. The molecule has 7 nitrogen and oxygen atoms in total. The number of nitrogens with zero attached hydrogens (tertiary/aromatic N) is 1. The normalized spacial score (nSPS) is 34.5. The van der Waals surface area contributed by atoms with Crippen molar-refractivity contribution < 1.29 is 29.6 Å². The van der Waals surface area contributed by atoms with Gasteiger partial charge in [-0.05, 0) is 44.9 Å². The van der Waals surface area contributed by atoms with Crippen molar-refractivity contribution >= 4 is 5.78 Å². The maximum atomic E-state index is 12.3. The van der Waals surface area contributed by atoms with Crippen LogP contribution in [0.5, 0.6) is 0 Å². The molecule has 0 bridgehead atoms. The van der Waals surface area contributed by atoms with Gasteiger partial charge in [0.15, 0.2) is 5.78 Å². The molecular weight excluding hydrogens is 374 g/mol. The molecule has 0 spiro atoms. The molecule has 3 N–H and O–H groups in total. The molecule has 160 valence electrons. The van der Waals surface area contributed by atoms with E-state index in [1.54, 1.807) is 31.5 Å². The number of aromatic nitrogens is 1. The maximum absolute atomic E-state index is 12.3. The van der Waals surface area contributed by atoms with Crippen LogP contribution in [0.15, 0.2) is 36.2 Å². The first-order valence-electron chi connectivity index (χ1n) is 10.2. The Labute approximate surface area is 171 Å². The van der Waals surface area contributed by atoms with Gasteiger partial charge in [-0.1, -0.05) is 12.5 Å². The van der Waals surface area contributed by atoms with Crippen LogP contribution in [0.4, 0.5) is 0 Å². The van der Waals surface area contributed by atoms with Crippen LogP contribution in [0.1, 0.15) is 44.0 Å². The van der Waals surface area contributed by atoms with Crippen LogP contribution in [0.2, 0.25) is 0 Å². The van der Waals surface area contributed by atoms with E-state index < -0.39 is 24.4 Å². The van der Waals surface area contributed by atoms with Gasteiger partial charge in [-0.3, -0.25) is 9.78 Å². The summed E-state index contributed by atoms with van der Waals surface area (Å²) in [7, 11) is 0. The van der Waals surface area contributed by atoms with Crippen molar-refractivity contribution in [1.82, 2.24) is 4.98 Å². The Morgan fingerprint density at radius 3 is 2.59 bits per heavy atom. The Kier molecular flexibility index (Phi) is 7.19. The minimum atomic E-state index is -1.03. The van der Waals surface area contributed by atoms with E-state index in [1.165, 1.54) is 6.08 Å². The lowest BCUT2D eigenvalue weighted by atomic mass is 9.85. The first kappa shape index (κ1) is 22.1. The Hall–Kier alpha value is -1.64. The number of carbonyl (C=O) groups excluding carboxylic acids is 1. The number of aliphatic hydroxyl groups is 3. The van der Waals surface area contributed by atoms with Crippen LogP contribution in [0, 0.1) is 11.8 Å². The van der Waals surface area contributed by atoms with Gasteiger partial charge in [-0.2, -0.15) is 0 Å². The van der Waals surface area contributed by atoms with Crippen LogP contribution >= 0.6 is 0 Å². The Balaban J connectivity index is 1.51. The number of ketones is 1. The number of rotatable bonds is 8. The van der Waals surface area contributed by atoms with Crippen molar-refractivity contribution in [2.45, 2.75) is 70.2 Å². The fraction of sp³-hybridized carbons (Fsp3) is 0.636. The number of carbonyl (C=O) groups is 1. The van der Waals surface area contributed by atoms with Crippen molar-refractivity contribution in [2.75, 3.05) is 6.61 Å². The fourth-order valence-electron chi connectivity index (χ4n) is 3.91. The zero-order chi connectivity index (χ0) is 21.1. The van der Waals surface area contributed by atoms with Gasteiger partial charge in [0.25, 0.3) is 0 Å². The highest BCUT2D eigenvalue weighted by atomic mass is 16.6. The zero-order valence-corrected chi connectivity index (χ0v) is 17.1. The van der Waals surface area contributed by atoms with Gasteiger partial charge in [-0.25, -0.2) is 0 Å². The summed E-state index contributed by atoms with van der Waals surface area (Å²) in [5.74, 6) is -0.317. The molecule has 1 aromatic heterocycles. The highest BCUT2D eigenvalue weighted by Gasteiger charge is 2.48. The first-order valence-corrected chi connectivity index (χ1v) is 10.2. The Bertz CT molecular complexity index is 721. The van der Waals surface area contributed by atoms with Gasteiger partial charge in [-0.15, -0.1) is 0 Å². The van der Waals surface area contributed by atoms with Crippen LogP contribution in [-0.4, -0.2) is 69.3 Å². The lowest BCUT2D eigenvalue weighted by Gasteiger charge is -2.38.